The summed E-state index contributed by atoms with van der Waals surface area (Å²) in [5, 5.41) is 0. The SMILES string of the molecule is CCCCc1cc(C)cc(CCCC)c1N=C(C)c1cc(C)cc(C(C)=Nc2c(CCCC)cc(C)cc2CCCC)n1.[Cl-].[Cl-].[Co+2]. The van der Waals surface area contributed by atoms with Gasteiger partial charge in [0.15, 0.2) is 0 Å². The molecule has 0 bridgehead atoms. The summed E-state index contributed by atoms with van der Waals surface area (Å²) in [6, 6.07) is 13.7. The average Bonchev–Trinajstić information content (AvgIpc) is 2.98. The van der Waals surface area contributed by atoms with Crippen molar-refractivity contribution in [3.63, 3.8) is 0 Å². The van der Waals surface area contributed by atoms with Crippen molar-refractivity contribution in [3.8, 4) is 0 Å². The molecule has 46 heavy (non-hydrogen) atoms. The molecule has 0 spiro atoms. The topological polar surface area (TPSA) is 37.6 Å². The van der Waals surface area contributed by atoms with E-state index in [9.17, 15) is 0 Å². The fourth-order valence-electron chi connectivity index (χ4n) is 5.87. The minimum atomic E-state index is 0. The molecule has 0 N–H and O–H groups in total. The number of aliphatic imine (C=N–C) groups is 2. The number of hydrogen-bond acceptors (Lipinski definition) is 3. The fraction of sp³-hybridized carbons (Fsp3) is 0.525. The molecule has 0 amide bonds. The molecule has 255 valence electrons. The van der Waals surface area contributed by atoms with Gasteiger partial charge in [0.1, 0.15) is 0 Å². The van der Waals surface area contributed by atoms with Gasteiger partial charge in [0.05, 0.1) is 34.2 Å². The molecule has 6 heteroatoms. The van der Waals surface area contributed by atoms with Crippen molar-refractivity contribution >= 4 is 22.8 Å². The third-order valence-corrected chi connectivity index (χ3v) is 8.29. The average molecular weight is 710 g/mol. The number of aromatic nitrogens is 1. The molecule has 1 heterocycles. The Balaban J connectivity index is 0.00000675. The van der Waals surface area contributed by atoms with Crippen LogP contribution in [0.3, 0.4) is 0 Å². The van der Waals surface area contributed by atoms with Crippen LogP contribution in [0.25, 0.3) is 0 Å². The van der Waals surface area contributed by atoms with Gasteiger partial charge in [0, 0.05) is 0 Å². The molecule has 0 saturated carbocycles. The van der Waals surface area contributed by atoms with Gasteiger partial charge in [0.25, 0.3) is 0 Å². The van der Waals surface area contributed by atoms with E-state index >= 15 is 0 Å². The molecular formula is C40H57Cl2CoN3. The van der Waals surface area contributed by atoms with Crippen LogP contribution in [0.4, 0.5) is 11.4 Å². The Kier molecular flexibility index (Phi) is 21.6. The minimum absolute atomic E-state index is 0. The number of nitrogens with zero attached hydrogens (tertiary/aromatic N) is 3. The molecule has 2 aromatic carbocycles. The molecule has 0 fully saturated rings. The van der Waals surface area contributed by atoms with Crippen LogP contribution in [-0.4, -0.2) is 16.4 Å². The van der Waals surface area contributed by atoms with Crippen LogP contribution in [-0.2, 0) is 42.5 Å². The Morgan fingerprint density at radius 1 is 0.500 bits per heavy atom. The van der Waals surface area contributed by atoms with E-state index in [0.717, 1.165) is 48.5 Å². The second-order valence-corrected chi connectivity index (χ2v) is 12.6. The summed E-state index contributed by atoms with van der Waals surface area (Å²) in [4.78, 5) is 15.8. The molecule has 0 atom stereocenters. The zero-order valence-corrected chi connectivity index (χ0v) is 32.4. The van der Waals surface area contributed by atoms with Gasteiger partial charge in [-0.15, -0.1) is 0 Å². The molecule has 3 rings (SSSR count). The fourth-order valence-corrected chi connectivity index (χ4v) is 5.87. The van der Waals surface area contributed by atoms with Crippen LogP contribution in [0.2, 0.25) is 0 Å². The zero-order chi connectivity index (χ0) is 31.4. The van der Waals surface area contributed by atoms with E-state index in [1.165, 1.54) is 102 Å². The Morgan fingerprint density at radius 3 is 1.02 bits per heavy atom. The zero-order valence-electron chi connectivity index (χ0n) is 29.9. The van der Waals surface area contributed by atoms with Gasteiger partial charge in [-0.25, -0.2) is 4.98 Å². The largest absolute Gasteiger partial charge is 2.00 e. The number of unbranched alkanes of at least 4 members (excludes halogenated alkanes) is 4. The third kappa shape index (κ3) is 12.9. The number of benzene rings is 2. The summed E-state index contributed by atoms with van der Waals surface area (Å²) in [5.41, 5.74) is 15.5. The molecule has 0 aliphatic carbocycles. The smallest absolute Gasteiger partial charge is 1.00 e. The van der Waals surface area contributed by atoms with Crippen LogP contribution < -0.4 is 24.8 Å². The molecule has 1 aromatic heterocycles. The molecule has 1 radical (unpaired) electrons. The summed E-state index contributed by atoms with van der Waals surface area (Å²) in [7, 11) is 0. The molecule has 0 aliphatic rings. The van der Waals surface area contributed by atoms with Crippen LogP contribution >= 0.6 is 0 Å². The van der Waals surface area contributed by atoms with E-state index in [0.29, 0.717) is 0 Å². The number of halogens is 2. The first-order valence-corrected chi connectivity index (χ1v) is 17.0. The van der Waals surface area contributed by atoms with Gasteiger partial charge in [-0.3, -0.25) is 9.98 Å². The van der Waals surface area contributed by atoms with E-state index in [2.05, 4.69) is 98.7 Å². The van der Waals surface area contributed by atoms with Crippen LogP contribution in [0, 0.1) is 20.8 Å². The number of pyridine rings is 1. The van der Waals surface area contributed by atoms with E-state index in [1.54, 1.807) is 0 Å². The van der Waals surface area contributed by atoms with E-state index in [-0.39, 0.29) is 41.6 Å². The van der Waals surface area contributed by atoms with Gasteiger partial charge >= 0.3 is 16.8 Å². The van der Waals surface area contributed by atoms with Gasteiger partial charge in [-0.05, 0) is 126 Å². The number of rotatable bonds is 16. The summed E-state index contributed by atoms with van der Waals surface area (Å²) < 4.78 is 0. The summed E-state index contributed by atoms with van der Waals surface area (Å²) >= 11 is 0. The Bertz CT molecular complexity index is 1270. The third-order valence-electron chi connectivity index (χ3n) is 8.29. The predicted octanol–water partition coefficient (Wildman–Crippen LogP) is 5.66. The first-order chi connectivity index (χ1) is 20.7. The summed E-state index contributed by atoms with van der Waals surface area (Å²) in [6.07, 6.45) is 13.7. The quantitative estimate of drug-likeness (QED) is 0.177. The molecule has 0 aliphatic heterocycles. The molecule has 0 unspecified atom stereocenters. The second-order valence-electron chi connectivity index (χ2n) is 12.6. The van der Waals surface area contributed by atoms with Gasteiger partial charge in [-0.2, -0.15) is 0 Å². The monoisotopic (exact) mass is 708 g/mol. The summed E-state index contributed by atoms with van der Waals surface area (Å²) in [5.74, 6) is 0. The van der Waals surface area contributed by atoms with Gasteiger partial charge in [-0.1, -0.05) is 88.8 Å². The van der Waals surface area contributed by atoms with Crippen LogP contribution in [0.15, 0.2) is 46.4 Å². The maximum absolute atomic E-state index is 5.32. The van der Waals surface area contributed by atoms with Gasteiger partial charge in [0.2, 0.25) is 0 Å². The molecule has 0 saturated heterocycles. The molecule has 3 nitrogen and oxygen atoms in total. The van der Waals surface area contributed by atoms with E-state index in [1.807, 2.05) is 0 Å². The van der Waals surface area contributed by atoms with E-state index in [4.69, 9.17) is 15.0 Å². The molecule has 3 aromatic rings. The van der Waals surface area contributed by atoms with Crippen LogP contribution in [0.5, 0.6) is 0 Å². The summed E-state index contributed by atoms with van der Waals surface area (Å²) in [6.45, 7) is 19.9. The van der Waals surface area contributed by atoms with Crippen molar-refractivity contribution in [1.82, 2.24) is 4.98 Å². The van der Waals surface area contributed by atoms with Crippen molar-refractivity contribution in [3.05, 3.63) is 86.7 Å². The maximum Gasteiger partial charge on any atom is 2.00 e. The Morgan fingerprint density at radius 2 is 0.761 bits per heavy atom. The minimum Gasteiger partial charge on any atom is -1.00 e. The number of hydrogen-bond donors (Lipinski definition) is 0. The Hall–Kier alpha value is -1.98. The second kappa shape index (κ2) is 22.6. The van der Waals surface area contributed by atoms with Crippen molar-refractivity contribution < 1.29 is 41.6 Å². The Labute approximate surface area is 304 Å². The van der Waals surface area contributed by atoms with Crippen LogP contribution in [0.1, 0.15) is 143 Å². The van der Waals surface area contributed by atoms with E-state index < -0.39 is 0 Å². The van der Waals surface area contributed by atoms with Gasteiger partial charge < -0.3 is 24.8 Å². The number of aryl methyl sites for hydroxylation is 7. The van der Waals surface area contributed by atoms with Crippen molar-refractivity contribution in [2.45, 2.75) is 139 Å². The maximum atomic E-state index is 5.32. The van der Waals surface area contributed by atoms with Crippen molar-refractivity contribution in [2.75, 3.05) is 0 Å². The van der Waals surface area contributed by atoms with Crippen molar-refractivity contribution in [2.24, 2.45) is 9.98 Å². The predicted molar refractivity (Wildman–Crippen MR) is 190 cm³/mol. The first kappa shape index (κ1) is 44.0. The first-order valence-electron chi connectivity index (χ1n) is 17.0. The standard InChI is InChI=1S/C40H57N3.2ClH.Co/c1-10-14-18-33-22-28(5)23-34(19-15-11-2)39(33)41-31(8)37-26-30(7)27-38(43-37)32(9)42-40-35(20-16-12-3)24-29(6)25-36(40)21-17-13-4;;;/h22-27H,10-21H2,1-9H3;2*1H;/q;;;+2/p-2. The molecular weight excluding hydrogens is 652 g/mol. The normalized spacial score (nSPS) is 11.5. The van der Waals surface area contributed by atoms with Crippen molar-refractivity contribution in [1.29, 1.82) is 0 Å².